The Morgan fingerprint density at radius 3 is 2.21 bits per heavy atom. The largest absolute Gasteiger partial charge is 0.166 e. The standard InChI is InChI=1S/C13H20S/c1-5-9-10-12(8-4)13(14)11(6-2)7-3/h6-10,13-14H,2,5H2,1,3-4H3/b10-9-,11-7+,12-8+. The van der Waals surface area contributed by atoms with Crippen molar-refractivity contribution in [2.45, 2.75) is 32.4 Å². The molecule has 0 fully saturated rings. The van der Waals surface area contributed by atoms with Crippen LogP contribution in [0.3, 0.4) is 0 Å². The Morgan fingerprint density at radius 2 is 1.86 bits per heavy atom. The molecule has 0 amide bonds. The molecule has 0 bridgehead atoms. The van der Waals surface area contributed by atoms with E-state index in [1.165, 1.54) is 5.57 Å². The highest BCUT2D eigenvalue weighted by atomic mass is 32.1. The Kier molecular flexibility index (Phi) is 7.31. The van der Waals surface area contributed by atoms with E-state index in [0.29, 0.717) is 0 Å². The van der Waals surface area contributed by atoms with Crippen molar-refractivity contribution in [1.82, 2.24) is 0 Å². The highest BCUT2D eigenvalue weighted by molar-refractivity contribution is 7.81. The van der Waals surface area contributed by atoms with Crippen molar-refractivity contribution in [3.05, 3.63) is 48.1 Å². The first kappa shape index (κ1) is 13.3. The summed E-state index contributed by atoms with van der Waals surface area (Å²) in [4.78, 5) is 0. The lowest BCUT2D eigenvalue weighted by atomic mass is 10.0. The van der Waals surface area contributed by atoms with Gasteiger partial charge in [0.1, 0.15) is 0 Å². The fourth-order valence-electron chi connectivity index (χ4n) is 1.18. The van der Waals surface area contributed by atoms with Crippen molar-refractivity contribution >= 4 is 12.6 Å². The lowest BCUT2D eigenvalue weighted by molar-refractivity contribution is 1.18. The van der Waals surface area contributed by atoms with Gasteiger partial charge in [0, 0.05) is 0 Å². The molecule has 14 heavy (non-hydrogen) atoms. The van der Waals surface area contributed by atoms with Crippen molar-refractivity contribution in [1.29, 1.82) is 0 Å². The van der Waals surface area contributed by atoms with E-state index in [1.54, 1.807) is 0 Å². The zero-order valence-electron chi connectivity index (χ0n) is 9.33. The molecule has 0 nitrogen and oxygen atoms in total. The minimum absolute atomic E-state index is 0.144. The van der Waals surface area contributed by atoms with Crippen LogP contribution in [0, 0.1) is 0 Å². The summed E-state index contributed by atoms with van der Waals surface area (Å²) in [5, 5.41) is 0.144. The van der Waals surface area contributed by atoms with Crippen LogP contribution < -0.4 is 0 Å². The molecule has 0 aliphatic rings. The third kappa shape index (κ3) is 4.01. The lowest BCUT2D eigenvalue weighted by Gasteiger charge is -2.12. The third-order valence-corrected chi connectivity index (χ3v) is 2.68. The molecule has 0 aliphatic heterocycles. The van der Waals surface area contributed by atoms with Gasteiger partial charge in [-0.05, 0) is 31.4 Å². The normalized spacial score (nSPS) is 16.0. The van der Waals surface area contributed by atoms with Crippen LogP contribution in [0.15, 0.2) is 48.1 Å². The summed E-state index contributed by atoms with van der Waals surface area (Å²) in [6, 6.07) is 0. The second-order valence-corrected chi connectivity index (χ2v) is 3.51. The third-order valence-electron chi connectivity index (χ3n) is 2.08. The van der Waals surface area contributed by atoms with Crippen LogP contribution in [0.2, 0.25) is 0 Å². The molecule has 0 aromatic carbocycles. The molecule has 0 aromatic heterocycles. The van der Waals surface area contributed by atoms with Gasteiger partial charge in [-0.2, -0.15) is 12.6 Å². The molecule has 0 saturated carbocycles. The van der Waals surface area contributed by atoms with Crippen molar-refractivity contribution in [3.8, 4) is 0 Å². The summed E-state index contributed by atoms with van der Waals surface area (Å²) in [5.41, 5.74) is 2.38. The van der Waals surface area contributed by atoms with E-state index in [0.717, 1.165) is 12.0 Å². The van der Waals surface area contributed by atoms with Crippen LogP contribution >= 0.6 is 12.6 Å². The van der Waals surface area contributed by atoms with Gasteiger partial charge in [-0.3, -0.25) is 0 Å². The fourth-order valence-corrected chi connectivity index (χ4v) is 1.67. The van der Waals surface area contributed by atoms with E-state index in [4.69, 9.17) is 0 Å². The Hall–Kier alpha value is -0.690. The smallest absolute Gasteiger partial charge is 0.0509 e. The Labute approximate surface area is 93.5 Å². The van der Waals surface area contributed by atoms with E-state index >= 15 is 0 Å². The van der Waals surface area contributed by atoms with E-state index in [9.17, 15) is 0 Å². The Balaban J connectivity index is 4.71. The fraction of sp³-hybridized carbons (Fsp3) is 0.385. The Morgan fingerprint density at radius 1 is 1.29 bits per heavy atom. The predicted octanol–water partition coefficient (Wildman–Crippen LogP) is 4.33. The predicted molar refractivity (Wildman–Crippen MR) is 69.9 cm³/mol. The molecule has 0 heterocycles. The average Bonchev–Trinajstić information content (AvgIpc) is 2.21. The second-order valence-electron chi connectivity index (χ2n) is 2.99. The maximum absolute atomic E-state index is 4.57. The first-order valence-electron chi connectivity index (χ1n) is 5.00. The zero-order valence-corrected chi connectivity index (χ0v) is 10.2. The summed E-state index contributed by atoms with van der Waals surface area (Å²) in [5.74, 6) is 0. The monoisotopic (exact) mass is 208 g/mol. The SMILES string of the molecule is C=C/C(=C\C)C(S)C(/C=C\CC)=C/C. The van der Waals surface area contributed by atoms with Crippen LogP contribution in [-0.4, -0.2) is 5.25 Å². The maximum Gasteiger partial charge on any atom is 0.0509 e. The minimum Gasteiger partial charge on any atom is -0.166 e. The molecule has 0 radical (unpaired) electrons. The van der Waals surface area contributed by atoms with Crippen molar-refractivity contribution in [2.75, 3.05) is 0 Å². The van der Waals surface area contributed by atoms with E-state index < -0.39 is 0 Å². The minimum atomic E-state index is 0.144. The van der Waals surface area contributed by atoms with Gasteiger partial charge in [-0.25, -0.2) is 0 Å². The number of hydrogen-bond acceptors (Lipinski definition) is 1. The summed E-state index contributed by atoms with van der Waals surface area (Å²) in [6.07, 6.45) is 11.3. The molecular formula is C13H20S. The van der Waals surface area contributed by atoms with Crippen LogP contribution in [-0.2, 0) is 0 Å². The van der Waals surface area contributed by atoms with Crippen molar-refractivity contribution in [2.24, 2.45) is 0 Å². The number of hydrogen-bond donors (Lipinski definition) is 1. The van der Waals surface area contributed by atoms with Gasteiger partial charge in [0.05, 0.1) is 5.25 Å². The van der Waals surface area contributed by atoms with Gasteiger partial charge in [-0.1, -0.05) is 43.9 Å². The molecular weight excluding hydrogens is 188 g/mol. The Bertz CT molecular complexity index is 256. The number of thiol groups is 1. The molecule has 0 aliphatic carbocycles. The van der Waals surface area contributed by atoms with Gasteiger partial charge in [0.25, 0.3) is 0 Å². The molecule has 0 spiro atoms. The van der Waals surface area contributed by atoms with E-state index in [2.05, 4.69) is 44.4 Å². The first-order chi connectivity index (χ1) is 6.71. The molecule has 0 aromatic rings. The van der Waals surface area contributed by atoms with Gasteiger partial charge in [0.15, 0.2) is 0 Å². The quantitative estimate of drug-likeness (QED) is 0.504. The van der Waals surface area contributed by atoms with E-state index in [1.807, 2.05) is 26.0 Å². The van der Waals surface area contributed by atoms with Gasteiger partial charge in [0.2, 0.25) is 0 Å². The molecule has 78 valence electrons. The lowest BCUT2D eigenvalue weighted by Crippen LogP contribution is -2.03. The highest BCUT2D eigenvalue weighted by Crippen LogP contribution is 2.20. The van der Waals surface area contributed by atoms with Gasteiger partial charge >= 0.3 is 0 Å². The van der Waals surface area contributed by atoms with Crippen LogP contribution in [0.5, 0.6) is 0 Å². The topological polar surface area (TPSA) is 0 Å². The first-order valence-corrected chi connectivity index (χ1v) is 5.52. The molecule has 0 rings (SSSR count). The molecule has 1 unspecified atom stereocenters. The van der Waals surface area contributed by atoms with Gasteiger partial charge in [-0.15, -0.1) is 0 Å². The highest BCUT2D eigenvalue weighted by Gasteiger charge is 2.08. The number of rotatable bonds is 5. The molecule has 1 heteroatoms. The van der Waals surface area contributed by atoms with Crippen LogP contribution in [0.1, 0.15) is 27.2 Å². The molecule has 0 N–H and O–H groups in total. The second kappa shape index (κ2) is 7.69. The van der Waals surface area contributed by atoms with Crippen molar-refractivity contribution < 1.29 is 0 Å². The summed E-state index contributed by atoms with van der Waals surface area (Å²) in [7, 11) is 0. The van der Waals surface area contributed by atoms with Gasteiger partial charge < -0.3 is 0 Å². The van der Waals surface area contributed by atoms with Crippen LogP contribution in [0.25, 0.3) is 0 Å². The summed E-state index contributed by atoms with van der Waals surface area (Å²) < 4.78 is 0. The molecule has 0 saturated heterocycles. The summed E-state index contributed by atoms with van der Waals surface area (Å²) in [6.45, 7) is 9.96. The molecule has 1 atom stereocenters. The number of allylic oxidation sites excluding steroid dienone is 5. The van der Waals surface area contributed by atoms with Crippen molar-refractivity contribution in [3.63, 3.8) is 0 Å². The maximum atomic E-state index is 4.57. The average molecular weight is 208 g/mol. The summed E-state index contributed by atoms with van der Waals surface area (Å²) >= 11 is 4.57. The zero-order chi connectivity index (χ0) is 11.0. The van der Waals surface area contributed by atoms with Crippen LogP contribution in [0.4, 0.5) is 0 Å². The van der Waals surface area contributed by atoms with E-state index in [-0.39, 0.29) is 5.25 Å².